The highest BCUT2D eigenvalue weighted by Gasteiger charge is 2.18. The molecule has 0 amide bonds. The van der Waals surface area contributed by atoms with E-state index in [-0.39, 0.29) is 0 Å². The van der Waals surface area contributed by atoms with Crippen molar-refractivity contribution in [2.75, 3.05) is 6.61 Å². The Kier molecular flexibility index (Phi) is 8.43. The van der Waals surface area contributed by atoms with Crippen molar-refractivity contribution in [1.29, 1.82) is 0 Å². The van der Waals surface area contributed by atoms with Gasteiger partial charge in [-0.1, -0.05) is 60.7 Å². The van der Waals surface area contributed by atoms with E-state index >= 15 is 0 Å². The van der Waals surface area contributed by atoms with Crippen LogP contribution < -0.4 is 0 Å². The molecule has 0 radical (unpaired) electrons. The first-order valence-corrected chi connectivity index (χ1v) is 10.0. The largest absolute Gasteiger partial charge is 0.488 e. The van der Waals surface area contributed by atoms with Gasteiger partial charge in [0, 0.05) is 0 Å². The van der Waals surface area contributed by atoms with Crippen LogP contribution in [0.4, 0.5) is 0 Å². The number of rotatable bonds is 9. The van der Waals surface area contributed by atoms with Gasteiger partial charge in [0.15, 0.2) is 0 Å². The Balaban J connectivity index is 1.96. The Morgan fingerprint density at radius 1 is 0.963 bits per heavy atom. The molecule has 1 atom stereocenters. The lowest BCUT2D eigenvalue weighted by atomic mass is 10.2. The van der Waals surface area contributed by atoms with Crippen molar-refractivity contribution in [2.24, 2.45) is 4.40 Å². The summed E-state index contributed by atoms with van der Waals surface area (Å²) in [5.41, 5.74) is 2.17. The number of nitrogens with zero attached hydrogens (tertiary/aromatic N) is 1. The van der Waals surface area contributed by atoms with Gasteiger partial charge in [-0.3, -0.25) is 0 Å². The van der Waals surface area contributed by atoms with Crippen molar-refractivity contribution >= 4 is 17.2 Å². The average Bonchev–Trinajstić information content (AvgIpc) is 2.67. The maximum Gasteiger partial charge on any atom is 0.144 e. The second kappa shape index (κ2) is 10.8. The quantitative estimate of drug-likeness (QED) is 0.353. The first-order chi connectivity index (χ1) is 12.9. The molecule has 0 N–H and O–H groups in total. The fourth-order valence-electron chi connectivity index (χ4n) is 2.04. The van der Waals surface area contributed by atoms with Crippen molar-refractivity contribution < 1.29 is 13.7 Å². The number of hydrogen-bond acceptors (Lipinski definition) is 3. The SMILES string of the molecule is CC(C)(C)[S@@](=O)/N=C/C(=C/COCc1ccccc1)OCc1ccccc1. The van der Waals surface area contributed by atoms with Crippen LogP contribution in [0.25, 0.3) is 0 Å². The zero-order valence-corrected chi connectivity index (χ0v) is 16.9. The monoisotopic (exact) mass is 385 g/mol. The van der Waals surface area contributed by atoms with Gasteiger partial charge in [0.1, 0.15) is 23.4 Å². The molecule has 0 bridgehead atoms. The maximum absolute atomic E-state index is 12.2. The molecule has 2 aromatic rings. The van der Waals surface area contributed by atoms with Gasteiger partial charge in [0.05, 0.1) is 24.2 Å². The summed E-state index contributed by atoms with van der Waals surface area (Å²) in [6.07, 6.45) is 3.34. The Morgan fingerprint density at radius 2 is 1.52 bits per heavy atom. The number of benzene rings is 2. The highest BCUT2D eigenvalue weighted by molar-refractivity contribution is 7.85. The molecule has 0 aliphatic heterocycles. The second-order valence-corrected chi connectivity index (χ2v) is 8.91. The molecule has 27 heavy (non-hydrogen) atoms. The Morgan fingerprint density at radius 3 is 2.07 bits per heavy atom. The van der Waals surface area contributed by atoms with Gasteiger partial charge in [-0.05, 0) is 38.0 Å². The molecule has 0 unspecified atom stereocenters. The van der Waals surface area contributed by atoms with Gasteiger partial charge < -0.3 is 9.47 Å². The van der Waals surface area contributed by atoms with Crippen molar-refractivity contribution in [2.45, 2.75) is 38.7 Å². The zero-order valence-electron chi connectivity index (χ0n) is 16.1. The lowest BCUT2D eigenvalue weighted by Crippen LogP contribution is -2.19. The molecular weight excluding hydrogens is 358 g/mol. The number of hydrogen-bond donors (Lipinski definition) is 0. The van der Waals surface area contributed by atoms with E-state index in [0.29, 0.717) is 25.6 Å². The minimum atomic E-state index is -1.34. The Bertz CT molecular complexity index is 765. The van der Waals surface area contributed by atoms with E-state index < -0.39 is 15.7 Å². The van der Waals surface area contributed by atoms with Gasteiger partial charge >= 0.3 is 0 Å². The van der Waals surface area contributed by atoms with E-state index in [9.17, 15) is 4.21 Å². The standard InChI is InChI=1S/C22H27NO3S/c1-22(2,3)27(24)23-16-21(26-18-20-12-8-5-9-13-20)14-15-25-17-19-10-6-4-7-11-19/h4-14,16H,15,17-18H2,1-3H3/b21-14-,23-16+/t27-/m1/s1. The molecule has 0 fully saturated rings. The maximum atomic E-state index is 12.2. The molecule has 0 aliphatic rings. The molecule has 0 aromatic heterocycles. The molecule has 0 spiro atoms. The predicted octanol–water partition coefficient (Wildman–Crippen LogP) is 4.84. The van der Waals surface area contributed by atoms with Crippen LogP contribution in [0.1, 0.15) is 31.9 Å². The van der Waals surface area contributed by atoms with Crippen LogP contribution in [-0.2, 0) is 33.7 Å². The fourth-order valence-corrected chi connectivity index (χ4v) is 2.56. The van der Waals surface area contributed by atoms with Crippen molar-refractivity contribution in [3.63, 3.8) is 0 Å². The normalized spacial score (nSPS) is 13.7. The third-order valence-corrected chi connectivity index (χ3v) is 4.91. The molecule has 2 rings (SSSR count). The summed E-state index contributed by atoms with van der Waals surface area (Å²) in [6, 6.07) is 19.9. The number of ether oxygens (including phenoxy) is 2. The third kappa shape index (κ3) is 8.33. The third-order valence-electron chi connectivity index (χ3n) is 3.56. The van der Waals surface area contributed by atoms with E-state index in [1.807, 2.05) is 87.5 Å². The van der Waals surface area contributed by atoms with E-state index in [1.54, 1.807) is 0 Å². The highest BCUT2D eigenvalue weighted by Crippen LogP contribution is 2.13. The van der Waals surface area contributed by atoms with E-state index in [0.717, 1.165) is 11.1 Å². The topological polar surface area (TPSA) is 47.9 Å². The van der Waals surface area contributed by atoms with Crippen LogP contribution in [-0.4, -0.2) is 21.8 Å². The molecule has 0 heterocycles. The zero-order chi connectivity index (χ0) is 19.5. The van der Waals surface area contributed by atoms with E-state index in [1.165, 1.54) is 6.21 Å². The molecule has 144 valence electrons. The minimum Gasteiger partial charge on any atom is -0.488 e. The van der Waals surface area contributed by atoms with Gasteiger partial charge in [0.25, 0.3) is 0 Å². The van der Waals surface area contributed by atoms with Gasteiger partial charge in [-0.25, -0.2) is 4.21 Å². The second-order valence-electron chi connectivity index (χ2n) is 6.98. The molecule has 0 saturated heterocycles. The molecule has 0 saturated carbocycles. The van der Waals surface area contributed by atoms with E-state index in [2.05, 4.69) is 4.40 Å². The highest BCUT2D eigenvalue weighted by atomic mass is 32.2. The van der Waals surface area contributed by atoms with E-state index in [4.69, 9.17) is 9.47 Å². The van der Waals surface area contributed by atoms with Gasteiger partial charge in [-0.2, -0.15) is 4.40 Å². The van der Waals surface area contributed by atoms with Crippen molar-refractivity contribution in [1.82, 2.24) is 0 Å². The first kappa shape index (κ1) is 21.1. The van der Waals surface area contributed by atoms with Crippen LogP contribution in [0.2, 0.25) is 0 Å². The number of allylic oxidation sites excluding steroid dienone is 1. The minimum absolute atomic E-state index is 0.382. The first-order valence-electron chi connectivity index (χ1n) is 8.90. The molecular formula is C22H27NO3S. The summed E-state index contributed by atoms with van der Waals surface area (Å²) in [7, 11) is -1.34. The van der Waals surface area contributed by atoms with Crippen LogP contribution in [0.15, 0.2) is 76.9 Å². The summed E-state index contributed by atoms with van der Waals surface area (Å²) in [6.45, 7) is 6.98. The summed E-state index contributed by atoms with van der Waals surface area (Å²) < 4.78 is 27.4. The average molecular weight is 386 g/mol. The fraction of sp³-hybridized carbons (Fsp3) is 0.318. The summed E-state index contributed by atoms with van der Waals surface area (Å²) in [5, 5.41) is 0. The summed E-state index contributed by atoms with van der Waals surface area (Å²) in [5.74, 6) is 0.546. The van der Waals surface area contributed by atoms with Crippen LogP contribution in [0, 0.1) is 0 Å². The van der Waals surface area contributed by atoms with Crippen LogP contribution in [0.5, 0.6) is 0 Å². The predicted molar refractivity (Wildman–Crippen MR) is 112 cm³/mol. The lowest BCUT2D eigenvalue weighted by Gasteiger charge is -2.13. The van der Waals surface area contributed by atoms with Crippen molar-refractivity contribution in [3.8, 4) is 0 Å². The lowest BCUT2D eigenvalue weighted by molar-refractivity contribution is 0.143. The van der Waals surface area contributed by atoms with Crippen LogP contribution >= 0.6 is 0 Å². The van der Waals surface area contributed by atoms with Crippen LogP contribution in [0.3, 0.4) is 0 Å². The van der Waals surface area contributed by atoms with Crippen molar-refractivity contribution in [3.05, 3.63) is 83.6 Å². The molecule has 2 aromatic carbocycles. The van der Waals surface area contributed by atoms with Gasteiger partial charge in [0.2, 0.25) is 0 Å². The molecule has 5 heteroatoms. The Hall–Kier alpha value is -2.24. The summed E-state index contributed by atoms with van der Waals surface area (Å²) in [4.78, 5) is 0. The smallest absolute Gasteiger partial charge is 0.144 e. The Labute approximate surface area is 164 Å². The molecule has 0 aliphatic carbocycles. The molecule has 4 nitrogen and oxygen atoms in total. The van der Waals surface area contributed by atoms with Gasteiger partial charge in [-0.15, -0.1) is 0 Å². The summed E-state index contributed by atoms with van der Waals surface area (Å²) >= 11 is 0.